The third-order valence-corrected chi connectivity index (χ3v) is 5.38. The van der Waals surface area contributed by atoms with Crippen LogP contribution < -0.4 is 10.5 Å². The number of hydrogen-bond acceptors (Lipinski definition) is 4. The van der Waals surface area contributed by atoms with Crippen LogP contribution in [0.4, 0.5) is 0 Å². The number of nitrogens with one attached hydrogen (secondary N) is 1. The third-order valence-electron chi connectivity index (χ3n) is 3.96. The standard InChI is InChI=1S/C17H18N2O4S/c1-3-12-4-7-14(8-5-12)24(21,22)18-11-13-6-9-15-16(10-13)23-17(20)19(15)2/h4-10,18H,3,11H2,1-2H3. The highest BCUT2D eigenvalue weighted by Crippen LogP contribution is 2.16. The normalized spacial score (nSPS) is 11.9. The molecule has 0 aliphatic heterocycles. The maximum Gasteiger partial charge on any atom is 0.419 e. The SMILES string of the molecule is CCc1ccc(S(=O)(=O)NCc2ccc3c(c2)oc(=O)n3C)cc1. The van der Waals surface area contributed by atoms with Gasteiger partial charge in [0.15, 0.2) is 5.58 Å². The molecule has 0 bridgehead atoms. The van der Waals surface area contributed by atoms with Gasteiger partial charge in [-0.3, -0.25) is 4.57 Å². The van der Waals surface area contributed by atoms with Gasteiger partial charge in [-0.25, -0.2) is 17.9 Å². The van der Waals surface area contributed by atoms with E-state index in [2.05, 4.69) is 4.72 Å². The molecule has 6 nitrogen and oxygen atoms in total. The van der Waals surface area contributed by atoms with Gasteiger partial charge >= 0.3 is 5.76 Å². The molecule has 0 radical (unpaired) electrons. The summed E-state index contributed by atoms with van der Waals surface area (Å²) in [4.78, 5) is 11.7. The predicted molar refractivity (Wildman–Crippen MR) is 91.3 cm³/mol. The highest BCUT2D eigenvalue weighted by Gasteiger charge is 2.14. The Bertz CT molecular complexity index is 1030. The molecule has 0 saturated heterocycles. The van der Waals surface area contributed by atoms with Gasteiger partial charge in [0.05, 0.1) is 10.4 Å². The third kappa shape index (κ3) is 3.13. The van der Waals surface area contributed by atoms with Crippen LogP contribution in [0.1, 0.15) is 18.1 Å². The molecule has 0 fully saturated rings. The van der Waals surface area contributed by atoms with Crippen LogP contribution in [0.5, 0.6) is 0 Å². The van der Waals surface area contributed by atoms with E-state index in [1.54, 1.807) is 49.5 Å². The van der Waals surface area contributed by atoms with E-state index in [1.807, 2.05) is 6.92 Å². The number of benzene rings is 2. The Morgan fingerprint density at radius 3 is 2.42 bits per heavy atom. The minimum Gasteiger partial charge on any atom is -0.408 e. The zero-order valence-electron chi connectivity index (χ0n) is 13.4. The van der Waals surface area contributed by atoms with Gasteiger partial charge in [0.1, 0.15) is 0 Å². The van der Waals surface area contributed by atoms with Gasteiger partial charge in [0.25, 0.3) is 0 Å². The second kappa shape index (κ2) is 6.26. The molecule has 3 rings (SSSR count). The molecule has 0 unspecified atom stereocenters. The van der Waals surface area contributed by atoms with Crippen molar-refractivity contribution in [2.45, 2.75) is 24.8 Å². The molecule has 3 aromatic rings. The fourth-order valence-electron chi connectivity index (χ4n) is 2.45. The highest BCUT2D eigenvalue weighted by atomic mass is 32.2. The van der Waals surface area contributed by atoms with Crippen molar-refractivity contribution in [1.82, 2.24) is 9.29 Å². The van der Waals surface area contributed by atoms with E-state index < -0.39 is 15.8 Å². The first-order chi connectivity index (χ1) is 11.4. The number of fused-ring (bicyclic) bond motifs is 1. The zero-order chi connectivity index (χ0) is 17.3. The summed E-state index contributed by atoms with van der Waals surface area (Å²) in [5.41, 5.74) is 2.90. The van der Waals surface area contributed by atoms with E-state index in [-0.39, 0.29) is 11.4 Å². The Hall–Kier alpha value is -2.38. The summed E-state index contributed by atoms with van der Waals surface area (Å²) in [6.07, 6.45) is 0.857. The second-order valence-corrected chi connectivity index (χ2v) is 7.32. The van der Waals surface area contributed by atoms with Gasteiger partial charge in [-0.1, -0.05) is 25.1 Å². The Labute approximate surface area is 139 Å². The summed E-state index contributed by atoms with van der Waals surface area (Å²) in [6.45, 7) is 2.13. The van der Waals surface area contributed by atoms with Gasteiger partial charge in [-0.2, -0.15) is 0 Å². The van der Waals surface area contributed by atoms with Gasteiger partial charge in [0, 0.05) is 13.6 Å². The number of oxazole rings is 1. The van der Waals surface area contributed by atoms with E-state index in [1.165, 1.54) is 4.57 Å². The van der Waals surface area contributed by atoms with Crippen molar-refractivity contribution in [3.8, 4) is 0 Å². The van der Waals surface area contributed by atoms with E-state index in [0.29, 0.717) is 16.7 Å². The number of sulfonamides is 1. The molecule has 7 heteroatoms. The lowest BCUT2D eigenvalue weighted by atomic mass is 10.2. The van der Waals surface area contributed by atoms with Gasteiger partial charge in [-0.05, 0) is 41.8 Å². The molecular weight excluding hydrogens is 328 g/mol. The maximum absolute atomic E-state index is 12.3. The maximum atomic E-state index is 12.3. The first-order valence-electron chi connectivity index (χ1n) is 7.58. The smallest absolute Gasteiger partial charge is 0.408 e. The van der Waals surface area contributed by atoms with Crippen molar-refractivity contribution < 1.29 is 12.8 Å². The Kier molecular flexibility index (Phi) is 4.29. The van der Waals surface area contributed by atoms with Crippen LogP contribution in [-0.4, -0.2) is 13.0 Å². The number of nitrogens with zero attached hydrogens (tertiary/aromatic N) is 1. The first-order valence-corrected chi connectivity index (χ1v) is 9.06. The van der Waals surface area contributed by atoms with Crippen LogP contribution >= 0.6 is 0 Å². The summed E-state index contributed by atoms with van der Waals surface area (Å²) in [6, 6.07) is 12.0. The second-order valence-electron chi connectivity index (χ2n) is 5.55. The highest BCUT2D eigenvalue weighted by molar-refractivity contribution is 7.89. The molecule has 24 heavy (non-hydrogen) atoms. The van der Waals surface area contributed by atoms with Crippen LogP contribution in [0, 0.1) is 0 Å². The van der Waals surface area contributed by atoms with Gasteiger partial charge in [0.2, 0.25) is 10.0 Å². The average Bonchev–Trinajstić information content (AvgIpc) is 2.87. The van der Waals surface area contributed by atoms with Gasteiger partial charge in [-0.15, -0.1) is 0 Å². The Morgan fingerprint density at radius 2 is 1.75 bits per heavy atom. The van der Waals surface area contributed by atoms with E-state index in [9.17, 15) is 13.2 Å². The number of aryl methyl sites for hydroxylation is 2. The molecule has 0 aliphatic carbocycles. The van der Waals surface area contributed by atoms with Crippen molar-refractivity contribution in [3.05, 3.63) is 64.1 Å². The number of hydrogen-bond donors (Lipinski definition) is 1. The minimum absolute atomic E-state index is 0.117. The lowest BCUT2D eigenvalue weighted by Crippen LogP contribution is -2.23. The van der Waals surface area contributed by atoms with E-state index in [4.69, 9.17) is 4.42 Å². The molecular formula is C17H18N2O4S. The Balaban J connectivity index is 1.79. The molecule has 1 heterocycles. The van der Waals surface area contributed by atoms with Crippen molar-refractivity contribution in [2.75, 3.05) is 0 Å². The monoisotopic (exact) mass is 346 g/mol. The fraction of sp³-hybridized carbons (Fsp3) is 0.235. The molecule has 0 spiro atoms. The summed E-state index contributed by atoms with van der Waals surface area (Å²) in [5, 5.41) is 0. The molecule has 1 N–H and O–H groups in total. The number of aromatic nitrogens is 1. The largest absolute Gasteiger partial charge is 0.419 e. The van der Waals surface area contributed by atoms with Crippen molar-refractivity contribution in [3.63, 3.8) is 0 Å². The molecule has 126 valence electrons. The van der Waals surface area contributed by atoms with Crippen LogP contribution in [0.15, 0.2) is 56.6 Å². The summed E-state index contributed by atoms with van der Waals surface area (Å²) in [5.74, 6) is -0.446. The minimum atomic E-state index is -3.59. The molecule has 0 amide bonds. The molecule has 0 saturated carbocycles. The first kappa shape index (κ1) is 16.5. The van der Waals surface area contributed by atoms with Crippen molar-refractivity contribution >= 4 is 21.1 Å². The van der Waals surface area contributed by atoms with Crippen molar-refractivity contribution in [2.24, 2.45) is 7.05 Å². The van der Waals surface area contributed by atoms with Gasteiger partial charge < -0.3 is 4.42 Å². The zero-order valence-corrected chi connectivity index (χ0v) is 14.3. The summed E-state index contributed by atoms with van der Waals surface area (Å²) >= 11 is 0. The molecule has 0 atom stereocenters. The van der Waals surface area contributed by atoms with Crippen LogP contribution in [0.2, 0.25) is 0 Å². The van der Waals surface area contributed by atoms with Crippen LogP contribution in [-0.2, 0) is 30.0 Å². The van der Waals surface area contributed by atoms with Crippen LogP contribution in [0.25, 0.3) is 11.1 Å². The van der Waals surface area contributed by atoms with Crippen molar-refractivity contribution in [1.29, 1.82) is 0 Å². The van der Waals surface area contributed by atoms with Crippen LogP contribution in [0.3, 0.4) is 0 Å². The molecule has 1 aromatic heterocycles. The summed E-state index contributed by atoms with van der Waals surface area (Å²) < 4.78 is 33.8. The lowest BCUT2D eigenvalue weighted by molar-refractivity contribution is 0.527. The molecule has 0 aliphatic rings. The number of rotatable bonds is 5. The van der Waals surface area contributed by atoms with E-state index >= 15 is 0 Å². The predicted octanol–water partition coefficient (Wildman–Crippen LogP) is 2.17. The lowest BCUT2D eigenvalue weighted by Gasteiger charge is -2.07. The average molecular weight is 346 g/mol. The molecule has 2 aromatic carbocycles. The Morgan fingerprint density at radius 1 is 1.08 bits per heavy atom. The quantitative estimate of drug-likeness (QED) is 0.768. The topological polar surface area (TPSA) is 81.3 Å². The summed E-state index contributed by atoms with van der Waals surface area (Å²) in [7, 11) is -1.97. The fourth-order valence-corrected chi connectivity index (χ4v) is 3.47. The van der Waals surface area contributed by atoms with E-state index in [0.717, 1.165) is 12.0 Å².